The van der Waals surface area contributed by atoms with Gasteiger partial charge in [-0.2, -0.15) is 0 Å². The quantitative estimate of drug-likeness (QED) is 0.790. The van der Waals surface area contributed by atoms with Crippen LogP contribution in [-0.4, -0.2) is 41.5 Å². The van der Waals surface area contributed by atoms with Gasteiger partial charge in [-0.25, -0.2) is 0 Å². The highest BCUT2D eigenvalue weighted by molar-refractivity contribution is 5.83. The van der Waals surface area contributed by atoms with E-state index in [-0.39, 0.29) is 24.2 Å². The van der Waals surface area contributed by atoms with Gasteiger partial charge in [-0.05, 0) is 25.0 Å². The maximum absolute atomic E-state index is 12.3. The first-order chi connectivity index (χ1) is 9.61. The van der Waals surface area contributed by atoms with Crippen molar-refractivity contribution in [2.24, 2.45) is 5.92 Å². The largest absolute Gasteiger partial charge is 0.469 e. The molecule has 1 fully saturated rings. The van der Waals surface area contributed by atoms with E-state index in [1.807, 2.05) is 17.0 Å². The summed E-state index contributed by atoms with van der Waals surface area (Å²) in [4.78, 5) is 25.3. The molecule has 1 aliphatic rings. The molecule has 0 unspecified atom stereocenters. The van der Waals surface area contributed by atoms with Crippen LogP contribution in [0.1, 0.15) is 32.2 Å². The van der Waals surface area contributed by atoms with Gasteiger partial charge < -0.3 is 14.2 Å². The lowest BCUT2D eigenvalue weighted by Crippen LogP contribution is -2.42. The first-order valence-corrected chi connectivity index (χ1v) is 7.10. The third-order valence-corrected chi connectivity index (χ3v) is 3.95. The predicted molar refractivity (Wildman–Crippen MR) is 75.1 cm³/mol. The molecule has 1 amide bonds. The summed E-state index contributed by atoms with van der Waals surface area (Å²) in [6.45, 7) is 3.30. The number of ether oxygens (including phenoxy) is 1. The van der Waals surface area contributed by atoms with E-state index in [1.165, 1.54) is 7.11 Å². The Hall–Kier alpha value is -1.78. The summed E-state index contributed by atoms with van der Waals surface area (Å²) in [7, 11) is 1.35. The number of amides is 1. The summed E-state index contributed by atoms with van der Waals surface area (Å²) in [6.07, 6.45) is 6.23. The Kier molecular flexibility index (Phi) is 4.82. The second kappa shape index (κ2) is 6.59. The normalized spacial score (nSPS) is 17.8. The van der Waals surface area contributed by atoms with Crippen LogP contribution in [0, 0.1) is 5.92 Å². The Balaban J connectivity index is 1.84. The van der Waals surface area contributed by atoms with E-state index in [0.717, 1.165) is 25.9 Å². The second-order valence-electron chi connectivity index (χ2n) is 5.37. The number of carbonyl (C=O) groups is 2. The summed E-state index contributed by atoms with van der Waals surface area (Å²) in [5, 5.41) is 0. The minimum atomic E-state index is -0.326. The monoisotopic (exact) mass is 278 g/mol. The maximum atomic E-state index is 12.3. The Labute approximate surface area is 119 Å². The van der Waals surface area contributed by atoms with Crippen molar-refractivity contribution in [3.05, 3.63) is 24.5 Å². The molecule has 5 nitrogen and oxygen atoms in total. The minimum absolute atomic E-state index is 0.0568. The summed E-state index contributed by atoms with van der Waals surface area (Å²) in [5.41, 5.74) is 0. The predicted octanol–water partition coefficient (Wildman–Crippen LogP) is 1.85. The number of methoxy groups -OCH3 is 1. The van der Waals surface area contributed by atoms with Crippen molar-refractivity contribution >= 4 is 11.9 Å². The van der Waals surface area contributed by atoms with Crippen molar-refractivity contribution < 1.29 is 14.3 Å². The van der Waals surface area contributed by atoms with Crippen molar-refractivity contribution in [1.82, 2.24) is 9.47 Å². The van der Waals surface area contributed by atoms with Gasteiger partial charge in [0.05, 0.1) is 13.5 Å². The molecule has 1 aromatic rings. The van der Waals surface area contributed by atoms with Gasteiger partial charge in [0.15, 0.2) is 0 Å². The molecule has 2 heterocycles. The average molecular weight is 278 g/mol. The standard InChI is InChI=1S/C15H22N2O3/c1-12(11-14(18)20-2)15(19)17-9-5-13(6-10-17)16-7-3-4-8-16/h3-4,7-8,12-13H,5-6,9-11H2,1-2H3/t12-/m1/s1. The lowest BCUT2D eigenvalue weighted by molar-refractivity contribution is -0.146. The van der Waals surface area contributed by atoms with Crippen LogP contribution in [0.15, 0.2) is 24.5 Å². The van der Waals surface area contributed by atoms with Crippen LogP contribution in [0.25, 0.3) is 0 Å². The molecular weight excluding hydrogens is 256 g/mol. The maximum Gasteiger partial charge on any atom is 0.306 e. The second-order valence-corrected chi connectivity index (χ2v) is 5.37. The number of hydrogen-bond acceptors (Lipinski definition) is 3. The first-order valence-electron chi connectivity index (χ1n) is 7.10. The fourth-order valence-corrected chi connectivity index (χ4v) is 2.71. The van der Waals surface area contributed by atoms with Crippen molar-refractivity contribution in [2.75, 3.05) is 20.2 Å². The van der Waals surface area contributed by atoms with Gasteiger partial charge in [0.25, 0.3) is 0 Å². The van der Waals surface area contributed by atoms with E-state index < -0.39 is 0 Å². The summed E-state index contributed by atoms with van der Waals surface area (Å²) < 4.78 is 6.82. The molecule has 5 heteroatoms. The molecule has 1 aromatic heterocycles. The number of likely N-dealkylation sites (tertiary alicyclic amines) is 1. The summed E-state index contributed by atoms with van der Waals surface area (Å²) in [5.74, 6) is -0.569. The number of esters is 1. The molecule has 0 aromatic carbocycles. The van der Waals surface area contributed by atoms with Gasteiger partial charge in [0.2, 0.25) is 5.91 Å². The van der Waals surface area contributed by atoms with Gasteiger partial charge in [-0.3, -0.25) is 9.59 Å². The smallest absolute Gasteiger partial charge is 0.306 e. The SMILES string of the molecule is COC(=O)C[C@@H](C)C(=O)N1CCC(n2cccc2)CC1. The van der Waals surface area contributed by atoms with Crippen LogP contribution in [0.4, 0.5) is 0 Å². The minimum Gasteiger partial charge on any atom is -0.469 e. The van der Waals surface area contributed by atoms with Crippen molar-refractivity contribution in [1.29, 1.82) is 0 Å². The molecule has 1 saturated heterocycles. The molecular formula is C15H22N2O3. The van der Waals surface area contributed by atoms with Gasteiger partial charge in [-0.15, -0.1) is 0 Å². The Morgan fingerprint density at radius 2 is 1.85 bits per heavy atom. The molecule has 20 heavy (non-hydrogen) atoms. The highest BCUT2D eigenvalue weighted by Crippen LogP contribution is 2.23. The van der Waals surface area contributed by atoms with E-state index in [4.69, 9.17) is 0 Å². The van der Waals surface area contributed by atoms with E-state index in [2.05, 4.69) is 21.7 Å². The molecule has 1 atom stereocenters. The fourth-order valence-electron chi connectivity index (χ4n) is 2.71. The highest BCUT2D eigenvalue weighted by Gasteiger charge is 2.27. The third kappa shape index (κ3) is 3.40. The van der Waals surface area contributed by atoms with Gasteiger partial charge in [-0.1, -0.05) is 6.92 Å². The van der Waals surface area contributed by atoms with Gasteiger partial charge in [0.1, 0.15) is 0 Å². The van der Waals surface area contributed by atoms with E-state index in [1.54, 1.807) is 6.92 Å². The Morgan fingerprint density at radius 1 is 1.25 bits per heavy atom. The Morgan fingerprint density at radius 3 is 2.40 bits per heavy atom. The molecule has 1 aliphatic heterocycles. The van der Waals surface area contributed by atoms with Gasteiger partial charge in [0, 0.05) is 37.4 Å². The van der Waals surface area contributed by atoms with E-state index >= 15 is 0 Å². The molecule has 0 spiro atoms. The Bertz CT molecular complexity index is 448. The molecule has 0 bridgehead atoms. The first kappa shape index (κ1) is 14.6. The molecule has 0 N–H and O–H groups in total. The highest BCUT2D eigenvalue weighted by atomic mass is 16.5. The van der Waals surface area contributed by atoms with Crippen molar-refractivity contribution in [3.8, 4) is 0 Å². The lowest BCUT2D eigenvalue weighted by atomic mass is 10.0. The van der Waals surface area contributed by atoms with Crippen LogP contribution in [-0.2, 0) is 14.3 Å². The molecule has 2 rings (SSSR count). The van der Waals surface area contributed by atoms with E-state index in [0.29, 0.717) is 6.04 Å². The van der Waals surface area contributed by atoms with Crippen LogP contribution in [0.5, 0.6) is 0 Å². The third-order valence-electron chi connectivity index (χ3n) is 3.95. The zero-order valence-electron chi connectivity index (χ0n) is 12.1. The molecule has 110 valence electrons. The average Bonchev–Trinajstić information content (AvgIpc) is 3.00. The summed E-state index contributed by atoms with van der Waals surface area (Å²) in [6, 6.07) is 4.52. The van der Waals surface area contributed by atoms with Crippen LogP contribution >= 0.6 is 0 Å². The fraction of sp³-hybridized carbons (Fsp3) is 0.600. The number of rotatable bonds is 4. The number of aromatic nitrogens is 1. The van der Waals surface area contributed by atoms with Crippen LogP contribution in [0.2, 0.25) is 0 Å². The number of piperidine rings is 1. The van der Waals surface area contributed by atoms with Crippen LogP contribution < -0.4 is 0 Å². The number of hydrogen-bond donors (Lipinski definition) is 0. The molecule has 0 saturated carbocycles. The lowest BCUT2D eigenvalue weighted by Gasteiger charge is -2.34. The zero-order valence-corrected chi connectivity index (χ0v) is 12.1. The van der Waals surface area contributed by atoms with Crippen LogP contribution in [0.3, 0.4) is 0 Å². The van der Waals surface area contributed by atoms with Crippen molar-refractivity contribution in [2.45, 2.75) is 32.2 Å². The van der Waals surface area contributed by atoms with Crippen molar-refractivity contribution in [3.63, 3.8) is 0 Å². The number of nitrogens with zero attached hydrogens (tertiary/aromatic N) is 2. The number of carbonyl (C=O) groups excluding carboxylic acids is 2. The topological polar surface area (TPSA) is 51.5 Å². The molecule has 0 aliphatic carbocycles. The summed E-state index contributed by atoms with van der Waals surface area (Å²) >= 11 is 0. The zero-order chi connectivity index (χ0) is 14.5. The van der Waals surface area contributed by atoms with Gasteiger partial charge >= 0.3 is 5.97 Å². The van der Waals surface area contributed by atoms with E-state index in [9.17, 15) is 9.59 Å². The molecule has 0 radical (unpaired) electrons.